The average molecular weight is 258 g/mol. The molecule has 1 aromatic rings. The molecule has 0 aliphatic carbocycles. The van der Waals surface area contributed by atoms with Crippen molar-refractivity contribution in [3.8, 4) is 6.07 Å². The lowest BCUT2D eigenvalue weighted by molar-refractivity contribution is 0.00578. The van der Waals surface area contributed by atoms with Gasteiger partial charge in [0, 0.05) is 11.8 Å². The van der Waals surface area contributed by atoms with E-state index in [4.69, 9.17) is 14.6 Å². The largest absolute Gasteiger partial charge is 0.514 e. The van der Waals surface area contributed by atoms with E-state index in [0.29, 0.717) is 17.4 Å². The Kier molecular flexibility index (Phi) is 3.21. The lowest BCUT2D eigenvalue weighted by Gasteiger charge is -2.32. The second-order valence-electron chi connectivity index (χ2n) is 5.51. The second-order valence-corrected chi connectivity index (χ2v) is 5.51. The summed E-state index contributed by atoms with van der Waals surface area (Å²) < 4.78 is 11.7. The standard InChI is InChI=1S/C13H15BN2O3/c1-12(2)13(3,4)19-14(18-12)11-5-9(8-17)10(6-15)7-16-11/h5,7-8H,1-4H3. The first kappa shape index (κ1) is 13.7. The monoisotopic (exact) mass is 258 g/mol. The Hall–Kier alpha value is -1.71. The van der Waals surface area contributed by atoms with E-state index in [2.05, 4.69) is 4.98 Å². The van der Waals surface area contributed by atoms with E-state index in [-0.39, 0.29) is 5.56 Å². The first-order valence-corrected chi connectivity index (χ1v) is 6.01. The van der Waals surface area contributed by atoms with Crippen molar-refractivity contribution in [1.29, 1.82) is 5.26 Å². The van der Waals surface area contributed by atoms with E-state index < -0.39 is 18.3 Å². The topological polar surface area (TPSA) is 72.2 Å². The fourth-order valence-electron chi connectivity index (χ4n) is 1.77. The molecule has 1 aliphatic heterocycles. The van der Waals surface area contributed by atoms with Crippen molar-refractivity contribution in [2.45, 2.75) is 38.9 Å². The molecule has 1 fully saturated rings. The van der Waals surface area contributed by atoms with Gasteiger partial charge in [-0.15, -0.1) is 0 Å². The van der Waals surface area contributed by atoms with E-state index in [9.17, 15) is 4.79 Å². The van der Waals surface area contributed by atoms with Crippen LogP contribution >= 0.6 is 0 Å². The zero-order chi connectivity index (χ0) is 14.3. The third kappa shape index (κ3) is 2.27. The van der Waals surface area contributed by atoms with Gasteiger partial charge < -0.3 is 9.31 Å². The number of hydrogen-bond donors (Lipinski definition) is 0. The van der Waals surface area contributed by atoms with E-state index in [0.717, 1.165) is 0 Å². The van der Waals surface area contributed by atoms with Gasteiger partial charge in [-0.2, -0.15) is 5.26 Å². The highest BCUT2D eigenvalue weighted by Crippen LogP contribution is 2.36. The number of pyridine rings is 1. The number of aldehydes is 1. The fraction of sp³-hybridized carbons (Fsp3) is 0.462. The van der Waals surface area contributed by atoms with Crippen LogP contribution in [0.1, 0.15) is 43.6 Å². The molecule has 2 rings (SSSR count). The molecular formula is C13H15BN2O3. The smallest absolute Gasteiger partial charge is 0.398 e. The molecule has 0 unspecified atom stereocenters. The Balaban J connectivity index is 2.36. The van der Waals surface area contributed by atoms with Gasteiger partial charge in [-0.25, -0.2) is 0 Å². The zero-order valence-electron chi connectivity index (χ0n) is 11.4. The molecule has 0 amide bonds. The van der Waals surface area contributed by atoms with Crippen molar-refractivity contribution in [2.75, 3.05) is 0 Å². The maximum absolute atomic E-state index is 10.9. The molecule has 1 saturated heterocycles. The van der Waals surface area contributed by atoms with Gasteiger partial charge in [-0.05, 0) is 33.8 Å². The zero-order valence-corrected chi connectivity index (χ0v) is 11.4. The van der Waals surface area contributed by atoms with Crippen LogP contribution in [-0.4, -0.2) is 29.6 Å². The molecule has 1 aromatic heterocycles. The molecule has 0 N–H and O–H groups in total. The third-order valence-electron chi connectivity index (χ3n) is 3.70. The Labute approximate surface area is 112 Å². The van der Waals surface area contributed by atoms with Crippen molar-refractivity contribution in [3.05, 3.63) is 23.4 Å². The van der Waals surface area contributed by atoms with Crippen LogP contribution in [0.5, 0.6) is 0 Å². The molecule has 6 heteroatoms. The van der Waals surface area contributed by atoms with Crippen molar-refractivity contribution in [1.82, 2.24) is 4.98 Å². The van der Waals surface area contributed by atoms with Crippen molar-refractivity contribution in [3.63, 3.8) is 0 Å². The van der Waals surface area contributed by atoms with Crippen LogP contribution in [0.15, 0.2) is 12.3 Å². The summed E-state index contributed by atoms with van der Waals surface area (Å²) in [6.07, 6.45) is 2.00. The molecular weight excluding hydrogens is 243 g/mol. The molecule has 0 spiro atoms. The van der Waals surface area contributed by atoms with Crippen molar-refractivity contribution >= 4 is 19.0 Å². The first-order valence-electron chi connectivity index (χ1n) is 6.01. The van der Waals surface area contributed by atoms with Gasteiger partial charge in [-0.3, -0.25) is 9.78 Å². The molecule has 0 bridgehead atoms. The van der Waals surface area contributed by atoms with Gasteiger partial charge in [0.1, 0.15) is 6.07 Å². The molecule has 19 heavy (non-hydrogen) atoms. The van der Waals surface area contributed by atoms with E-state index in [1.165, 1.54) is 12.3 Å². The first-order chi connectivity index (χ1) is 8.80. The summed E-state index contributed by atoms with van der Waals surface area (Å²) in [4.78, 5) is 15.1. The highest BCUT2D eigenvalue weighted by Gasteiger charge is 2.52. The van der Waals surface area contributed by atoms with Crippen LogP contribution in [0.2, 0.25) is 0 Å². The number of carbonyl (C=O) groups is 1. The molecule has 1 aliphatic rings. The minimum absolute atomic E-state index is 0.246. The summed E-state index contributed by atoms with van der Waals surface area (Å²) in [5.41, 5.74) is 0.112. The van der Waals surface area contributed by atoms with Gasteiger partial charge in [0.05, 0.1) is 22.4 Å². The van der Waals surface area contributed by atoms with Gasteiger partial charge in [-0.1, -0.05) is 0 Å². The van der Waals surface area contributed by atoms with Crippen LogP contribution in [0, 0.1) is 11.3 Å². The number of aromatic nitrogens is 1. The SMILES string of the molecule is CC1(C)OB(c2cc(C=O)c(C#N)cn2)OC1(C)C. The summed E-state index contributed by atoms with van der Waals surface area (Å²) in [6, 6.07) is 3.46. The van der Waals surface area contributed by atoms with Crippen LogP contribution in [0.4, 0.5) is 0 Å². The second kappa shape index (κ2) is 4.44. The molecule has 0 saturated carbocycles. The normalized spacial score (nSPS) is 20.1. The van der Waals surface area contributed by atoms with E-state index in [1.54, 1.807) is 0 Å². The highest BCUT2D eigenvalue weighted by molar-refractivity contribution is 6.61. The number of rotatable bonds is 2. The minimum atomic E-state index is -0.628. The lowest BCUT2D eigenvalue weighted by atomic mass is 9.83. The van der Waals surface area contributed by atoms with Gasteiger partial charge in [0.2, 0.25) is 0 Å². The maximum atomic E-state index is 10.9. The summed E-state index contributed by atoms with van der Waals surface area (Å²) in [5, 5.41) is 8.86. The van der Waals surface area contributed by atoms with E-state index in [1.807, 2.05) is 33.8 Å². The summed E-state index contributed by atoms with van der Waals surface area (Å²) in [6.45, 7) is 7.77. The molecule has 0 radical (unpaired) electrons. The number of nitrogens with zero attached hydrogens (tertiary/aromatic N) is 2. The number of nitriles is 1. The van der Waals surface area contributed by atoms with E-state index >= 15 is 0 Å². The molecule has 2 heterocycles. The predicted molar refractivity (Wildman–Crippen MR) is 70.1 cm³/mol. The van der Waals surface area contributed by atoms with Crippen LogP contribution in [-0.2, 0) is 9.31 Å². The average Bonchev–Trinajstić information content (AvgIpc) is 2.57. The fourth-order valence-corrected chi connectivity index (χ4v) is 1.77. The molecule has 0 aromatic carbocycles. The van der Waals surface area contributed by atoms with Crippen LogP contribution < -0.4 is 5.59 Å². The number of hydrogen-bond acceptors (Lipinski definition) is 5. The Morgan fingerprint density at radius 1 is 1.32 bits per heavy atom. The quantitative estimate of drug-likeness (QED) is 0.586. The minimum Gasteiger partial charge on any atom is -0.398 e. The predicted octanol–water partition coefficient (Wildman–Crippen LogP) is 1.06. The highest BCUT2D eigenvalue weighted by atomic mass is 16.7. The lowest BCUT2D eigenvalue weighted by Crippen LogP contribution is -2.41. The Morgan fingerprint density at radius 2 is 1.89 bits per heavy atom. The summed E-state index contributed by atoms with van der Waals surface area (Å²) in [7, 11) is -0.628. The van der Waals surface area contributed by atoms with Crippen molar-refractivity contribution in [2.24, 2.45) is 0 Å². The maximum Gasteiger partial charge on any atom is 0.514 e. The van der Waals surface area contributed by atoms with Crippen LogP contribution in [0.25, 0.3) is 0 Å². The van der Waals surface area contributed by atoms with Crippen LogP contribution in [0.3, 0.4) is 0 Å². The van der Waals surface area contributed by atoms with Gasteiger partial charge >= 0.3 is 7.12 Å². The molecule has 98 valence electrons. The third-order valence-corrected chi connectivity index (χ3v) is 3.70. The molecule has 0 atom stereocenters. The van der Waals surface area contributed by atoms with Crippen molar-refractivity contribution < 1.29 is 14.1 Å². The Morgan fingerprint density at radius 3 is 2.37 bits per heavy atom. The summed E-state index contributed by atoms with van der Waals surface area (Å²) in [5.74, 6) is 0. The summed E-state index contributed by atoms with van der Waals surface area (Å²) >= 11 is 0. The Bertz CT molecular complexity index is 547. The molecule has 5 nitrogen and oxygen atoms in total. The van der Waals surface area contributed by atoms with Gasteiger partial charge in [0.25, 0.3) is 0 Å². The van der Waals surface area contributed by atoms with Gasteiger partial charge in [0.15, 0.2) is 6.29 Å². The number of carbonyl (C=O) groups excluding carboxylic acids is 1.